The first-order valence-electron chi connectivity index (χ1n) is 6.10. The van der Waals surface area contributed by atoms with Crippen LogP contribution >= 0.6 is 0 Å². The summed E-state index contributed by atoms with van der Waals surface area (Å²) in [6.45, 7) is 2.53. The van der Waals surface area contributed by atoms with Gasteiger partial charge in [0.15, 0.2) is 12.5 Å². The third kappa shape index (κ3) is 2.08. The van der Waals surface area contributed by atoms with Gasteiger partial charge in [0, 0.05) is 0 Å². The highest BCUT2D eigenvalue weighted by Crippen LogP contribution is 2.36. The van der Waals surface area contributed by atoms with Crippen molar-refractivity contribution in [3.63, 3.8) is 0 Å². The molecule has 0 saturated carbocycles. The van der Waals surface area contributed by atoms with Crippen molar-refractivity contribution in [2.75, 3.05) is 19.8 Å². The van der Waals surface area contributed by atoms with Crippen LogP contribution < -0.4 is 5.32 Å². The van der Waals surface area contributed by atoms with Crippen LogP contribution in [-0.4, -0.2) is 25.6 Å². The zero-order valence-electron chi connectivity index (χ0n) is 9.76. The van der Waals surface area contributed by atoms with Crippen LogP contribution in [0.5, 0.6) is 0 Å². The van der Waals surface area contributed by atoms with Crippen molar-refractivity contribution in [3.8, 4) is 0 Å². The molecule has 2 heterocycles. The summed E-state index contributed by atoms with van der Waals surface area (Å²) in [5.74, 6) is 0.921. The number of hydrogen-bond acceptors (Lipinski definition) is 4. The number of hydrogen-bond donors (Lipinski definition) is 1. The van der Waals surface area contributed by atoms with E-state index in [9.17, 15) is 0 Å². The van der Waals surface area contributed by atoms with Crippen molar-refractivity contribution >= 4 is 5.84 Å². The lowest BCUT2D eigenvalue weighted by Crippen LogP contribution is -2.44. The second-order valence-corrected chi connectivity index (χ2v) is 4.56. The molecule has 0 radical (unpaired) electrons. The van der Waals surface area contributed by atoms with Crippen LogP contribution in [0.1, 0.15) is 25.8 Å². The molecule has 1 saturated heterocycles. The zero-order valence-corrected chi connectivity index (χ0v) is 9.76. The number of aliphatic imine (C=N–C) groups is 1. The molecule has 4 heteroatoms. The van der Waals surface area contributed by atoms with Gasteiger partial charge in [-0.1, -0.05) is 37.8 Å². The maximum absolute atomic E-state index is 4.46. The average Bonchev–Trinajstić information content (AvgIpc) is 2.95. The summed E-state index contributed by atoms with van der Waals surface area (Å²) in [6, 6.07) is 10.6. The van der Waals surface area contributed by atoms with Crippen molar-refractivity contribution in [2.24, 2.45) is 15.2 Å². The Kier molecular flexibility index (Phi) is 3.87. The average molecular weight is 244 g/mol. The maximum atomic E-state index is 4.46. The number of azo groups is 1. The second-order valence-electron chi connectivity index (χ2n) is 4.56. The van der Waals surface area contributed by atoms with Gasteiger partial charge in [-0.15, -0.1) is 5.11 Å². The number of amidine groups is 1. The minimum Gasteiger partial charge on any atom is -0.317 e. The Bertz CT molecular complexity index is 444. The second kappa shape index (κ2) is 5.40. The zero-order chi connectivity index (χ0) is 11.6. The first kappa shape index (κ1) is 12.9. The molecule has 3 rings (SSSR count). The Balaban J connectivity index is 0.00000120. The highest BCUT2D eigenvalue weighted by atomic mass is 15.3. The Morgan fingerprint density at radius 2 is 1.78 bits per heavy atom. The van der Waals surface area contributed by atoms with Gasteiger partial charge in [0.05, 0.1) is 5.41 Å². The first-order valence-corrected chi connectivity index (χ1v) is 6.10. The highest BCUT2D eigenvalue weighted by molar-refractivity contribution is 5.94. The third-order valence-electron chi connectivity index (χ3n) is 3.66. The number of nitrogens with one attached hydrogen (secondary N) is 1. The van der Waals surface area contributed by atoms with E-state index >= 15 is 0 Å². The molecular weight excluding hydrogens is 224 g/mol. The summed E-state index contributed by atoms with van der Waals surface area (Å²) >= 11 is 0. The third-order valence-corrected chi connectivity index (χ3v) is 3.66. The summed E-state index contributed by atoms with van der Waals surface area (Å²) < 4.78 is 0. The molecule has 2 aliphatic heterocycles. The fourth-order valence-electron chi connectivity index (χ4n) is 2.73. The van der Waals surface area contributed by atoms with Crippen LogP contribution in [0.2, 0.25) is 0 Å². The van der Waals surface area contributed by atoms with Crippen LogP contribution in [0, 0.1) is 0 Å². The standard InChI is InChI=1S/C13H16N4.CH4/c1-2-4-11(5-3-1)13(6-8-14-9-7-13)12-15-10-16-17-12;/h1-5,14H,6-10H2;1H4. The fourth-order valence-corrected chi connectivity index (χ4v) is 2.73. The van der Waals surface area contributed by atoms with Gasteiger partial charge in [-0.25, -0.2) is 4.99 Å². The number of benzene rings is 1. The fraction of sp³-hybridized carbons (Fsp3) is 0.500. The molecule has 0 amide bonds. The van der Waals surface area contributed by atoms with Crippen LogP contribution in [0.4, 0.5) is 0 Å². The molecule has 18 heavy (non-hydrogen) atoms. The molecule has 0 bridgehead atoms. The van der Waals surface area contributed by atoms with Gasteiger partial charge >= 0.3 is 0 Å². The molecular formula is C14H20N4. The number of nitrogens with zero attached hydrogens (tertiary/aromatic N) is 3. The lowest BCUT2D eigenvalue weighted by atomic mass is 9.72. The number of piperidine rings is 1. The molecule has 0 aromatic heterocycles. The van der Waals surface area contributed by atoms with Gasteiger partial charge in [0.25, 0.3) is 0 Å². The van der Waals surface area contributed by atoms with E-state index in [0.717, 1.165) is 31.8 Å². The topological polar surface area (TPSA) is 49.1 Å². The van der Waals surface area contributed by atoms with Gasteiger partial charge in [0.1, 0.15) is 0 Å². The normalized spacial score (nSPS) is 21.2. The molecule has 2 aliphatic rings. The van der Waals surface area contributed by atoms with Gasteiger partial charge < -0.3 is 5.32 Å². The van der Waals surface area contributed by atoms with Crippen molar-refractivity contribution in [1.82, 2.24) is 5.32 Å². The molecule has 0 atom stereocenters. The predicted octanol–water partition coefficient (Wildman–Crippen LogP) is 2.77. The smallest absolute Gasteiger partial charge is 0.158 e. The largest absolute Gasteiger partial charge is 0.317 e. The highest BCUT2D eigenvalue weighted by Gasteiger charge is 2.40. The van der Waals surface area contributed by atoms with Crippen LogP contribution in [0.3, 0.4) is 0 Å². The van der Waals surface area contributed by atoms with Gasteiger partial charge in [0.2, 0.25) is 0 Å². The van der Waals surface area contributed by atoms with E-state index in [0.29, 0.717) is 6.67 Å². The minimum atomic E-state index is -0.0213. The molecule has 0 aliphatic carbocycles. The van der Waals surface area contributed by atoms with E-state index in [1.165, 1.54) is 5.56 Å². The summed E-state index contributed by atoms with van der Waals surface area (Å²) in [4.78, 5) is 4.46. The quantitative estimate of drug-likeness (QED) is 0.854. The maximum Gasteiger partial charge on any atom is 0.158 e. The van der Waals surface area contributed by atoms with E-state index in [1.54, 1.807) is 0 Å². The van der Waals surface area contributed by atoms with E-state index in [4.69, 9.17) is 0 Å². The molecule has 1 aromatic carbocycles. The van der Waals surface area contributed by atoms with E-state index in [-0.39, 0.29) is 12.8 Å². The Morgan fingerprint density at radius 3 is 2.39 bits per heavy atom. The lowest BCUT2D eigenvalue weighted by molar-refractivity contribution is 0.394. The summed E-state index contributed by atoms with van der Waals surface area (Å²) in [7, 11) is 0. The van der Waals surface area contributed by atoms with E-state index < -0.39 is 0 Å². The number of rotatable bonds is 2. The van der Waals surface area contributed by atoms with Crippen LogP contribution in [0.15, 0.2) is 45.6 Å². The van der Waals surface area contributed by atoms with Crippen molar-refractivity contribution in [1.29, 1.82) is 0 Å². The summed E-state index contributed by atoms with van der Waals surface area (Å²) in [5.41, 5.74) is 1.30. The van der Waals surface area contributed by atoms with Gasteiger partial charge in [-0.2, -0.15) is 5.11 Å². The summed E-state index contributed by atoms with van der Waals surface area (Å²) in [6.07, 6.45) is 2.10. The minimum absolute atomic E-state index is 0. The first-order chi connectivity index (χ1) is 8.42. The van der Waals surface area contributed by atoms with Crippen LogP contribution in [0.25, 0.3) is 0 Å². The molecule has 1 aromatic rings. The van der Waals surface area contributed by atoms with E-state index in [1.807, 2.05) is 0 Å². The van der Waals surface area contributed by atoms with Gasteiger partial charge in [-0.05, 0) is 31.5 Å². The van der Waals surface area contributed by atoms with Crippen molar-refractivity contribution < 1.29 is 0 Å². The molecule has 96 valence electrons. The van der Waals surface area contributed by atoms with Crippen LogP contribution in [-0.2, 0) is 5.41 Å². The van der Waals surface area contributed by atoms with Gasteiger partial charge in [-0.3, -0.25) is 0 Å². The van der Waals surface area contributed by atoms with Crippen molar-refractivity contribution in [3.05, 3.63) is 35.9 Å². The SMILES string of the molecule is C.c1ccc(C2(C3=NCN=N3)CCNCC2)cc1. The lowest BCUT2D eigenvalue weighted by Gasteiger charge is -2.36. The predicted molar refractivity (Wildman–Crippen MR) is 74.1 cm³/mol. The monoisotopic (exact) mass is 244 g/mol. The summed E-state index contributed by atoms with van der Waals surface area (Å²) in [5, 5.41) is 11.7. The molecule has 0 spiro atoms. The van der Waals surface area contributed by atoms with E-state index in [2.05, 4.69) is 50.9 Å². The van der Waals surface area contributed by atoms with Crippen molar-refractivity contribution in [2.45, 2.75) is 25.7 Å². The Hall–Kier alpha value is -1.55. The molecule has 1 fully saturated rings. The molecule has 1 N–H and O–H groups in total. The Labute approximate surface area is 108 Å². The Morgan fingerprint density at radius 1 is 1.06 bits per heavy atom. The molecule has 0 unspecified atom stereocenters. The molecule has 4 nitrogen and oxygen atoms in total.